The van der Waals surface area contributed by atoms with Gasteiger partial charge in [0.15, 0.2) is 0 Å². The Kier molecular flexibility index (Phi) is 7.59. The van der Waals surface area contributed by atoms with Gasteiger partial charge in [0.1, 0.15) is 5.75 Å². The van der Waals surface area contributed by atoms with E-state index in [0.717, 1.165) is 6.42 Å². The van der Waals surface area contributed by atoms with E-state index in [2.05, 4.69) is 5.32 Å². The second-order valence-electron chi connectivity index (χ2n) is 5.93. The Bertz CT molecular complexity index is 529. The first kappa shape index (κ1) is 19.0. The first-order chi connectivity index (χ1) is 10.8. The Labute approximate surface area is 139 Å². The third kappa shape index (κ3) is 6.30. The minimum Gasteiger partial charge on any atom is -0.489 e. The van der Waals surface area contributed by atoms with Gasteiger partial charge >= 0.3 is 0 Å². The van der Waals surface area contributed by atoms with Gasteiger partial charge in [-0.15, -0.1) is 0 Å². The second kappa shape index (κ2) is 9.18. The summed E-state index contributed by atoms with van der Waals surface area (Å²) >= 11 is 0. The summed E-state index contributed by atoms with van der Waals surface area (Å²) in [5.74, 6) is 0.524. The van der Waals surface area contributed by atoms with Gasteiger partial charge in [-0.2, -0.15) is 0 Å². The van der Waals surface area contributed by atoms with Gasteiger partial charge < -0.3 is 15.0 Å². The van der Waals surface area contributed by atoms with Crippen molar-refractivity contribution >= 4 is 17.5 Å². The van der Waals surface area contributed by atoms with Crippen LogP contribution in [0.1, 0.15) is 47.5 Å². The zero-order valence-electron chi connectivity index (χ0n) is 14.8. The highest BCUT2D eigenvalue weighted by Crippen LogP contribution is 2.25. The van der Waals surface area contributed by atoms with E-state index in [4.69, 9.17) is 4.74 Å². The molecule has 1 atom stereocenters. The molecule has 0 aliphatic rings. The number of nitrogens with one attached hydrogen (secondary N) is 1. The first-order valence-electron chi connectivity index (χ1n) is 8.17. The summed E-state index contributed by atoms with van der Waals surface area (Å²) in [4.78, 5) is 25.6. The molecule has 1 aromatic carbocycles. The normalized spacial score (nSPS) is 11.9. The molecule has 5 nitrogen and oxygen atoms in total. The minimum absolute atomic E-state index is 0.00399. The van der Waals surface area contributed by atoms with Crippen LogP contribution in [0.2, 0.25) is 0 Å². The molecular formula is C18H28N2O3. The number of carbonyl (C=O) groups excluding carboxylic acids is 2. The molecule has 1 N–H and O–H groups in total. The van der Waals surface area contributed by atoms with Crippen molar-refractivity contribution in [3.05, 3.63) is 24.3 Å². The van der Waals surface area contributed by atoms with Gasteiger partial charge in [0.2, 0.25) is 11.8 Å². The Morgan fingerprint density at radius 2 is 1.87 bits per heavy atom. The number of ether oxygens (including phenoxy) is 1. The molecule has 128 valence electrons. The fourth-order valence-electron chi connectivity index (χ4n) is 2.27. The van der Waals surface area contributed by atoms with E-state index in [1.54, 1.807) is 4.90 Å². The number of nitrogens with zero attached hydrogens (tertiary/aromatic N) is 1. The van der Waals surface area contributed by atoms with Crippen LogP contribution in [0.15, 0.2) is 24.3 Å². The third-order valence-corrected chi connectivity index (χ3v) is 3.63. The third-order valence-electron chi connectivity index (χ3n) is 3.63. The lowest BCUT2D eigenvalue weighted by Crippen LogP contribution is -2.38. The van der Waals surface area contributed by atoms with Crippen LogP contribution in [0.25, 0.3) is 0 Å². The van der Waals surface area contributed by atoms with Crippen molar-refractivity contribution in [1.82, 2.24) is 4.90 Å². The largest absolute Gasteiger partial charge is 0.489 e. The van der Waals surface area contributed by atoms with Crippen LogP contribution in [-0.4, -0.2) is 35.4 Å². The van der Waals surface area contributed by atoms with Gasteiger partial charge in [0.25, 0.3) is 0 Å². The molecular weight excluding hydrogens is 292 g/mol. The molecule has 1 aromatic rings. The highest BCUT2D eigenvalue weighted by molar-refractivity contribution is 5.92. The maximum Gasteiger partial charge on any atom is 0.226 e. The lowest BCUT2D eigenvalue weighted by molar-refractivity contribution is -0.131. The lowest BCUT2D eigenvalue weighted by Gasteiger charge is -2.27. The van der Waals surface area contributed by atoms with Gasteiger partial charge in [0, 0.05) is 25.9 Å². The van der Waals surface area contributed by atoms with Crippen molar-refractivity contribution in [1.29, 1.82) is 0 Å². The van der Waals surface area contributed by atoms with Gasteiger partial charge in [-0.3, -0.25) is 9.59 Å². The topological polar surface area (TPSA) is 58.6 Å². The summed E-state index contributed by atoms with van der Waals surface area (Å²) in [6, 6.07) is 7.50. The SMILES string of the molecule is CCC(C)N(CCC(=O)Nc1ccccc1OC(C)C)C(C)=O. The lowest BCUT2D eigenvalue weighted by atomic mass is 10.2. The molecule has 0 radical (unpaired) electrons. The number of para-hydroxylation sites is 2. The summed E-state index contributed by atoms with van der Waals surface area (Å²) in [5, 5.41) is 2.87. The van der Waals surface area contributed by atoms with Crippen LogP contribution in [0.4, 0.5) is 5.69 Å². The van der Waals surface area contributed by atoms with Gasteiger partial charge in [-0.05, 0) is 39.3 Å². The highest BCUT2D eigenvalue weighted by atomic mass is 16.5. The molecule has 0 saturated carbocycles. The number of anilines is 1. The van der Waals surface area contributed by atoms with Crippen LogP contribution in [0.5, 0.6) is 5.75 Å². The van der Waals surface area contributed by atoms with E-state index in [0.29, 0.717) is 18.0 Å². The van der Waals surface area contributed by atoms with Crippen LogP contribution in [0, 0.1) is 0 Å². The Morgan fingerprint density at radius 1 is 1.22 bits per heavy atom. The zero-order chi connectivity index (χ0) is 17.4. The number of carbonyl (C=O) groups is 2. The van der Waals surface area contributed by atoms with E-state index in [1.165, 1.54) is 6.92 Å². The molecule has 2 amide bonds. The molecule has 0 heterocycles. The van der Waals surface area contributed by atoms with Gasteiger partial charge in [-0.1, -0.05) is 19.1 Å². The molecule has 0 saturated heterocycles. The minimum atomic E-state index is -0.126. The van der Waals surface area contributed by atoms with Crippen LogP contribution >= 0.6 is 0 Å². The van der Waals surface area contributed by atoms with E-state index in [9.17, 15) is 9.59 Å². The summed E-state index contributed by atoms with van der Waals surface area (Å²) in [6.45, 7) is 9.86. The van der Waals surface area contributed by atoms with Crippen molar-refractivity contribution in [3.8, 4) is 5.75 Å². The van der Waals surface area contributed by atoms with Crippen molar-refractivity contribution in [2.24, 2.45) is 0 Å². The second-order valence-corrected chi connectivity index (χ2v) is 5.93. The number of rotatable bonds is 8. The summed E-state index contributed by atoms with van der Waals surface area (Å²) in [7, 11) is 0. The van der Waals surface area contributed by atoms with Gasteiger partial charge in [-0.25, -0.2) is 0 Å². The number of hydrogen-bond acceptors (Lipinski definition) is 3. The van der Waals surface area contributed by atoms with E-state index < -0.39 is 0 Å². The smallest absolute Gasteiger partial charge is 0.226 e. The zero-order valence-corrected chi connectivity index (χ0v) is 14.8. The molecule has 0 aromatic heterocycles. The maximum absolute atomic E-state index is 12.2. The Balaban J connectivity index is 2.65. The molecule has 0 spiro atoms. The van der Waals surface area contributed by atoms with Gasteiger partial charge in [0.05, 0.1) is 11.8 Å². The molecule has 0 bridgehead atoms. The summed E-state index contributed by atoms with van der Waals surface area (Å²) in [6.07, 6.45) is 1.17. The van der Waals surface area contributed by atoms with E-state index in [-0.39, 0.29) is 30.4 Å². The van der Waals surface area contributed by atoms with Crippen LogP contribution in [0.3, 0.4) is 0 Å². The number of amides is 2. The molecule has 1 rings (SSSR count). The van der Waals surface area contributed by atoms with Crippen molar-refractivity contribution in [3.63, 3.8) is 0 Å². The van der Waals surface area contributed by atoms with Crippen molar-refractivity contribution < 1.29 is 14.3 Å². The maximum atomic E-state index is 12.2. The predicted molar refractivity (Wildman–Crippen MR) is 92.6 cm³/mol. The molecule has 1 unspecified atom stereocenters. The molecule has 0 aliphatic heterocycles. The number of benzene rings is 1. The molecule has 0 aliphatic carbocycles. The van der Waals surface area contributed by atoms with E-state index >= 15 is 0 Å². The fourth-order valence-corrected chi connectivity index (χ4v) is 2.27. The quantitative estimate of drug-likeness (QED) is 0.798. The van der Waals surface area contributed by atoms with Crippen LogP contribution in [-0.2, 0) is 9.59 Å². The highest BCUT2D eigenvalue weighted by Gasteiger charge is 2.17. The van der Waals surface area contributed by atoms with E-state index in [1.807, 2.05) is 52.0 Å². The average Bonchev–Trinajstić information content (AvgIpc) is 2.48. The molecule has 0 fully saturated rings. The van der Waals surface area contributed by atoms with Crippen LogP contribution < -0.4 is 10.1 Å². The monoisotopic (exact) mass is 320 g/mol. The fraction of sp³-hybridized carbons (Fsp3) is 0.556. The average molecular weight is 320 g/mol. The summed E-state index contributed by atoms with van der Waals surface area (Å²) in [5.41, 5.74) is 0.657. The molecule has 5 heteroatoms. The first-order valence-corrected chi connectivity index (χ1v) is 8.17. The summed E-state index contributed by atoms with van der Waals surface area (Å²) < 4.78 is 5.69. The predicted octanol–water partition coefficient (Wildman–Crippen LogP) is 3.45. The Morgan fingerprint density at radius 3 is 2.43 bits per heavy atom. The standard InChI is InChI=1S/C18H28N2O3/c1-6-14(4)20(15(5)21)12-11-18(22)19-16-9-7-8-10-17(16)23-13(2)3/h7-10,13-14H,6,11-12H2,1-5H3,(H,19,22). The Hall–Kier alpha value is -2.04. The molecule has 23 heavy (non-hydrogen) atoms. The van der Waals surface area contributed by atoms with Crippen molar-refractivity contribution in [2.45, 2.75) is 59.6 Å². The number of hydrogen-bond donors (Lipinski definition) is 1. The van der Waals surface area contributed by atoms with Crippen molar-refractivity contribution in [2.75, 3.05) is 11.9 Å².